The summed E-state index contributed by atoms with van der Waals surface area (Å²) in [5, 5.41) is 3.06. The van der Waals surface area contributed by atoms with Crippen molar-refractivity contribution in [3.8, 4) is 0 Å². The van der Waals surface area contributed by atoms with E-state index in [1.807, 2.05) is 31.2 Å². The maximum atomic E-state index is 13.5. The van der Waals surface area contributed by atoms with E-state index >= 15 is 0 Å². The van der Waals surface area contributed by atoms with Crippen LogP contribution in [0, 0.1) is 6.92 Å². The molecule has 2 amide bonds. The van der Waals surface area contributed by atoms with Crippen LogP contribution in [0.4, 0.5) is 5.69 Å². The second-order valence-electron chi connectivity index (χ2n) is 7.38. The van der Waals surface area contributed by atoms with Gasteiger partial charge in [-0.3, -0.25) is 13.9 Å². The van der Waals surface area contributed by atoms with Gasteiger partial charge in [-0.2, -0.15) is 0 Å². The second kappa shape index (κ2) is 11.0. The summed E-state index contributed by atoms with van der Waals surface area (Å²) in [7, 11) is -2.35. The zero-order valence-corrected chi connectivity index (χ0v) is 20.8. The van der Waals surface area contributed by atoms with Gasteiger partial charge < -0.3 is 10.2 Å². The van der Waals surface area contributed by atoms with Crippen molar-refractivity contribution >= 4 is 50.7 Å². The molecule has 2 aromatic rings. The van der Waals surface area contributed by atoms with E-state index in [0.29, 0.717) is 6.42 Å². The fourth-order valence-corrected chi connectivity index (χ4v) is 4.70. The zero-order valence-electron chi connectivity index (χ0n) is 18.4. The third-order valence-corrected chi connectivity index (χ3v) is 6.63. The van der Waals surface area contributed by atoms with Crippen molar-refractivity contribution in [3.63, 3.8) is 0 Å². The van der Waals surface area contributed by atoms with Gasteiger partial charge >= 0.3 is 0 Å². The fraction of sp³-hybridized carbons (Fsp3) is 0.364. The number of halogens is 2. The minimum Gasteiger partial charge on any atom is -0.357 e. The van der Waals surface area contributed by atoms with Crippen LogP contribution in [0.3, 0.4) is 0 Å². The molecule has 0 heterocycles. The van der Waals surface area contributed by atoms with E-state index in [4.69, 9.17) is 23.2 Å². The molecule has 0 saturated carbocycles. The monoisotopic (exact) mass is 499 g/mol. The Morgan fingerprint density at radius 1 is 1.09 bits per heavy atom. The van der Waals surface area contributed by atoms with E-state index in [-0.39, 0.29) is 28.2 Å². The molecule has 0 radical (unpaired) electrons. The summed E-state index contributed by atoms with van der Waals surface area (Å²) in [5.41, 5.74) is 1.99. The highest BCUT2D eigenvalue weighted by atomic mass is 35.5. The van der Waals surface area contributed by atoms with Gasteiger partial charge in [-0.05, 0) is 42.7 Å². The molecule has 2 aromatic carbocycles. The molecular formula is C22H27Cl2N3O4S. The Balaban J connectivity index is 2.48. The summed E-state index contributed by atoms with van der Waals surface area (Å²) >= 11 is 12.1. The molecule has 7 nitrogen and oxygen atoms in total. The number of anilines is 1. The average Bonchev–Trinajstić information content (AvgIpc) is 2.71. The Labute approximate surface area is 199 Å². The van der Waals surface area contributed by atoms with E-state index in [1.165, 1.54) is 30.1 Å². The fourth-order valence-electron chi connectivity index (χ4n) is 3.35. The van der Waals surface area contributed by atoms with Crippen LogP contribution in [-0.2, 0) is 26.2 Å². The Morgan fingerprint density at radius 3 is 2.19 bits per heavy atom. The van der Waals surface area contributed by atoms with Crippen LogP contribution >= 0.6 is 23.2 Å². The third-order valence-electron chi connectivity index (χ3n) is 5.05. The van der Waals surface area contributed by atoms with Crippen LogP contribution in [0.2, 0.25) is 10.0 Å². The van der Waals surface area contributed by atoms with Crippen molar-refractivity contribution < 1.29 is 18.0 Å². The molecule has 0 aromatic heterocycles. The van der Waals surface area contributed by atoms with E-state index in [2.05, 4.69) is 5.32 Å². The van der Waals surface area contributed by atoms with Gasteiger partial charge in [-0.25, -0.2) is 8.42 Å². The molecular weight excluding hydrogens is 473 g/mol. The van der Waals surface area contributed by atoms with Crippen LogP contribution in [0.15, 0.2) is 42.5 Å². The Bertz CT molecular complexity index is 1070. The molecule has 2 rings (SSSR count). The number of nitrogens with one attached hydrogen (secondary N) is 1. The summed E-state index contributed by atoms with van der Waals surface area (Å²) in [6.45, 7) is 3.36. The first-order chi connectivity index (χ1) is 15.0. The number of amides is 2. The number of nitrogens with zero attached hydrogens (tertiary/aromatic N) is 2. The molecule has 1 unspecified atom stereocenters. The lowest BCUT2D eigenvalue weighted by Gasteiger charge is -2.33. The number of hydrogen-bond acceptors (Lipinski definition) is 4. The van der Waals surface area contributed by atoms with Gasteiger partial charge in [-0.15, -0.1) is 0 Å². The molecule has 10 heteroatoms. The van der Waals surface area contributed by atoms with Crippen molar-refractivity contribution in [1.82, 2.24) is 10.2 Å². The van der Waals surface area contributed by atoms with Gasteiger partial charge in [0, 0.05) is 23.6 Å². The molecule has 0 bridgehead atoms. The number of carbonyl (C=O) groups is 2. The average molecular weight is 500 g/mol. The van der Waals surface area contributed by atoms with Crippen LogP contribution in [0.25, 0.3) is 0 Å². The van der Waals surface area contributed by atoms with Crippen molar-refractivity contribution in [3.05, 3.63) is 63.6 Å². The molecule has 174 valence electrons. The standard InChI is InChI=1S/C22H27Cl2N3O4S/c1-5-20(22(29)25-3)26(13-16-9-7-6-8-15(16)2)21(28)14-27(32(4,30)31)19-11-17(23)10-18(24)12-19/h6-12,20H,5,13-14H2,1-4H3,(H,25,29). The number of carbonyl (C=O) groups excluding carboxylic acids is 2. The SMILES string of the molecule is CCC(C(=O)NC)N(Cc1ccccc1C)C(=O)CN(c1cc(Cl)cc(Cl)c1)S(C)(=O)=O. The van der Waals surface area contributed by atoms with Gasteiger partial charge in [0.2, 0.25) is 21.8 Å². The number of hydrogen-bond donors (Lipinski definition) is 1. The van der Waals surface area contributed by atoms with Crippen LogP contribution in [0.1, 0.15) is 24.5 Å². The second-order valence-corrected chi connectivity index (χ2v) is 10.2. The number of rotatable bonds is 9. The normalized spacial score (nSPS) is 12.2. The maximum absolute atomic E-state index is 13.5. The molecule has 0 aliphatic heterocycles. The molecule has 32 heavy (non-hydrogen) atoms. The van der Waals surface area contributed by atoms with Gasteiger partial charge in [-0.1, -0.05) is 54.4 Å². The number of aryl methyl sites for hydroxylation is 1. The lowest BCUT2D eigenvalue weighted by Crippen LogP contribution is -2.51. The summed E-state index contributed by atoms with van der Waals surface area (Å²) in [4.78, 5) is 27.4. The van der Waals surface area contributed by atoms with Gasteiger partial charge in [0.25, 0.3) is 0 Å². The van der Waals surface area contributed by atoms with E-state index in [9.17, 15) is 18.0 Å². The smallest absolute Gasteiger partial charge is 0.244 e. The first-order valence-electron chi connectivity index (χ1n) is 9.97. The molecule has 0 aliphatic carbocycles. The van der Waals surface area contributed by atoms with Crippen molar-refractivity contribution in [2.45, 2.75) is 32.9 Å². The molecule has 0 fully saturated rings. The van der Waals surface area contributed by atoms with Crippen LogP contribution in [0.5, 0.6) is 0 Å². The molecule has 1 N–H and O–H groups in total. The van der Waals surface area contributed by atoms with Gasteiger partial charge in [0.15, 0.2) is 0 Å². The van der Waals surface area contributed by atoms with Crippen molar-refractivity contribution in [2.75, 3.05) is 24.2 Å². The summed E-state index contributed by atoms with van der Waals surface area (Å²) < 4.78 is 26.0. The molecule has 0 aliphatic rings. The number of likely N-dealkylation sites (N-methyl/N-ethyl adjacent to an activating group) is 1. The summed E-state index contributed by atoms with van der Waals surface area (Å²) in [5.74, 6) is -0.851. The Hall–Kier alpha value is -2.29. The van der Waals surface area contributed by atoms with Crippen LogP contribution in [-0.4, -0.2) is 51.0 Å². The van der Waals surface area contributed by atoms with E-state index in [1.54, 1.807) is 6.92 Å². The highest BCUT2D eigenvalue weighted by Crippen LogP contribution is 2.27. The largest absolute Gasteiger partial charge is 0.357 e. The Kier molecular flexibility index (Phi) is 8.95. The lowest BCUT2D eigenvalue weighted by atomic mass is 10.1. The van der Waals surface area contributed by atoms with Crippen molar-refractivity contribution in [2.24, 2.45) is 0 Å². The lowest BCUT2D eigenvalue weighted by molar-refractivity contribution is -0.140. The maximum Gasteiger partial charge on any atom is 0.244 e. The first-order valence-corrected chi connectivity index (χ1v) is 12.6. The minimum atomic E-state index is -3.85. The van der Waals surface area contributed by atoms with Gasteiger partial charge in [0.1, 0.15) is 12.6 Å². The quantitative estimate of drug-likeness (QED) is 0.570. The van der Waals surface area contributed by atoms with E-state index < -0.39 is 28.5 Å². The molecule has 0 saturated heterocycles. The number of benzene rings is 2. The highest BCUT2D eigenvalue weighted by molar-refractivity contribution is 7.92. The molecule has 0 spiro atoms. The Morgan fingerprint density at radius 2 is 1.69 bits per heavy atom. The predicted octanol–water partition coefficient (Wildman–Crippen LogP) is 3.62. The summed E-state index contributed by atoms with van der Waals surface area (Å²) in [6.07, 6.45) is 1.36. The minimum absolute atomic E-state index is 0.158. The highest BCUT2D eigenvalue weighted by Gasteiger charge is 2.31. The summed E-state index contributed by atoms with van der Waals surface area (Å²) in [6, 6.07) is 11.1. The van der Waals surface area contributed by atoms with Crippen molar-refractivity contribution in [1.29, 1.82) is 0 Å². The zero-order chi connectivity index (χ0) is 24.1. The number of sulfonamides is 1. The van der Waals surface area contributed by atoms with Gasteiger partial charge in [0.05, 0.1) is 11.9 Å². The third kappa shape index (κ3) is 6.60. The molecule has 1 atom stereocenters. The predicted molar refractivity (Wildman–Crippen MR) is 129 cm³/mol. The topological polar surface area (TPSA) is 86.8 Å². The van der Waals surface area contributed by atoms with Crippen LogP contribution < -0.4 is 9.62 Å². The van der Waals surface area contributed by atoms with E-state index in [0.717, 1.165) is 21.7 Å². The first kappa shape index (κ1) is 26.0.